The molecule has 3 heteroatoms. The lowest BCUT2D eigenvalue weighted by molar-refractivity contribution is 0.0884. The number of rotatable bonds is 4. The molecule has 94 valence electrons. The van der Waals surface area contributed by atoms with E-state index in [9.17, 15) is 4.79 Å². The average molecular weight is 235 g/mol. The highest BCUT2D eigenvalue weighted by atomic mass is 16.3. The van der Waals surface area contributed by atoms with E-state index in [-0.39, 0.29) is 5.78 Å². The minimum Gasteiger partial charge on any atom is -0.461 e. The molecule has 1 heterocycles. The minimum absolute atomic E-state index is 0.0850. The molecule has 1 aliphatic carbocycles. The van der Waals surface area contributed by atoms with Gasteiger partial charge in [0.25, 0.3) is 0 Å². The Morgan fingerprint density at radius 1 is 1.35 bits per heavy atom. The third-order valence-electron chi connectivity index (χ3n) is 3.64. The smallest absolute Gasteiger partial charge is 0.211 e. The Morgan fingerprint density at radius 3 is 2.65 bits per heavy atom. The van der Waals surface area contributed by atoms with Crippen molar-refractivity contribution >= 4 is 5.78 Å². The molecule has 0 spiro atoms. The number of likely N-dealkylation sites (N-methyl/N-ethyl adjacent to an activating group) is 1. The number of carbonyl (C=O) groups is 1. The van der Waals surface area contributed by atoms with Crippen molar-refractivity contribution in [3.8, 4) is 0 Å². The van der Waals surface area contributed by atoms with Gasteiger partial charge in [-0.25, -0.2) is 0 Å². The lowest BCUT2D eigenvalue weighted by Crippen LogP contribution is -2.35. The van der Waals surface area contributed by atoms with Crippen LogP contribution in [0, 0.1) is 0 Å². The van der Waals surface area contributed by atoms with E-state index in [1.807, 2.05) is 0 Å². The van der Waals surface area contributed by atoms with Crippen LogP contribution in [-0.4, -0.2) is 30.3 Å². The van der Waals surface area contributed by atoms with Crippen molar-refractivity contribution in [2.45, 2.75) is 44.6 Å². The van der Waals surface area contributed by atoms with Crippen LogP contribution in [0.4, 0.5) is 0 Å². The van der Waals surface area contributed by atoms with Crippen molar-refractivity contribution < 1.29 is 9.21 Å². The molecule has 0 saturated heterocycles. The van der Waals surface area contributed by atoms with Crippen LogP contribution in [0.3, 0.4) is 0 Å². The molecule has 0 N–H and O–H groups in total. The zero-order valence-corrected chi connectivity index (χ0v) is 10.5. The topological polar surface area (TPSA) is 33.5 Å². The molecular weight excluding hydrogens is 214 g/mol. The summed E-state index contributed by atoms with van der Waals surface area (Å²) in [6, 6.07) is 4.07. The van der Waals surface area contributed by atoms with E-state index in [4.69, 9.17) is 4.42 Å². The SMILES string of the molecule is CN(CC(=O)c1ccco1)C1CCCCCC1. The summed E-state index contributed by atoms with van der Waals surface area (Å²) in [5.41, 5.74) is 0. The number of nitrogens with zero attached hydrogens (tertiary/aromatic N) is 1. The Balaban J connectivity index is 1.87. The van der Waals surface area contributed by atoms with Crippen molar-refractivity contribution in [2.24, 2.45) is 0 Å². The van der Waals surface area contributed by atoms with Gasteiger partial charge < -0.3 is 4.42 Å². The van der Waals surface area contributed by atoms with Crippen LogP contribution >= 0.6 is 0 Å². The number of ketones is 1. The van der Waals surface area contributed by atoms with Crippen LogP contribution in [0.25, 0.3) is 0 Å². The second kappa shape index (κ2) is 6.01. The first-order valence-electron chi connectivity index (χ1n) is 6.54. The molecule has 1 saturated carbocycles. The van der Waals surface area contributed by atoms with Crippen molar-refractivity contribution in [2.75, 3.05) is 13.6 Å². The molecule has 1 aliphatic rings. The molecule has 1 fully saturated rings. The maximum Gasteiger partial charge on any atom is 0.211 e. The van der Waals surface area contributed by atoms with Gasteiger partial charge in [-0.3, -0.25) is 9.69 Å². The number of hydrogen-bond donors (Lipinski definition) is 0. The predicted octanol–water partition coefficient (Wildman–Crippen LogP) is 3.12. The second-order valence-electron chi connectivity index (χ2n) is 4.96. The Morgan fingerprint density at radius 2 is 2.06 bits per heavy atom. The zero-order chi connectivity index (χ0) is 12.1. The van der Waals surface area contributed by atoms with Crippen LogP contribution in [0.2, 0.25) is 0 Å². The fraction of sp³-hybridized carbons (Fsp3) is 0.643. The molecule has 17 heavy (non-hydrogen) atoms. The van der Waals surface area contributed by atoms with Gasteiger partial charge in [0.05, 0.1) is 12.8 Å². The molecule has 0 atom stereocenters. The van der Waals surface area contributed by atoms with Gasteiger partial charge in [0, 0.05) is 6.04 Å². The largest absolute Gasteiger partial charge is 0.461 e. The van der Waals surface area contributed by atoms with Crippen LogP contribution in [0.15, 0.2) is 22.8 Å². The van der Waals surface area contributed by atoms with Gasteiger partial charge in [0.2, 0.25) is 5.78 Å². The summed E-state index contributed by atoms with van der Waals surface area (Å²) in [5.74, 6) is 0.562. The lowest BCUT2D eigenvalue weighted by Gasteiger charge is -2.25. The molecule has 0 bridgehead atoms. The van der Waals surface area contributed by atoms with Crippen LogP contribution in [0.1, 0.15) is 49.1 Å². The molecule has 0 aliphatic heterocycles. The summed E-state index contributed by atoms with van der Waals surface area (Å²) in [5, 5.41) is 0. The number of furan rings is 1. The standard InChI is InChI=1S/C14H21NO2/c1-15(12-7-4-2-3-5-8-12)11-13(16)14-9-6-10-17-14/h6,9-10,12H,2-5,7-8,11H2,1H3. The first kappa shape index (κ1) is 12.4. The summed E-state index contributed by atoms with van der Waals surface area (Å²) >= 11 is 0. The fourth-order valence-electron chi connectivity index (χ4n) is 2.57. The molecule has 1 aromatic rings. The molecule has 1 aromatic heterocycles. The van der Waals surface area contributed by atoms with Crippen LogP contribution in [0.5, 0.6) is 0 Å². The first-order valence-corrected chi connectivity index (χ1v) is 6.54. The van der Waals surface area contributed by atoms with Gasteiger partial charge in [0.15, 0.2) is 5.76 Å². The molecule has 0 radical (unpaired) electrons. The van der Waals surface area contributed by atoms with Crippen molar-refractivity contribution in [3.05, 3.63) is 24.2 Å². The number of carbonyl (C=O) groups excluding carboxylic acids is 1. The van der Waals surface area contributed by atoms with Gasteiger partial charge in [-0.1, -0.05) is 25.7 Å². The van der Waals surface area contributed by atoms with Gasteiger partial charge >= 0.3 is 0 Å². The van der Waals surface area contributed by atoms with Crippen molar-refractivity contribution in [3.63, 3.8) is 0 Å². The van der Waals surface area contributed by atoms with Gasteiger partial charge in [-0.15, -0.1) is 0 Å². The second-order valence-corrected chi connectivity index (χ2v) is 4.96. The van der Waals surface area contributed by atoms with Gasteiger partial charge in [-0.2, -0.15) is 0 Å². The van der Waals surface area contributed by atoms with Crippen LogP contribution in [-0.2, 0) is 0 Å². The van der Waals surface area contributed by atoms with Crippen LogP contribution < -0.4 is 0 Å². The third kappa shape index (κ3) is 3.43. The van der Waals surface area contributed by atoms with E-state index in [0.717, 1.165) is 0 Å². The fourth-order valence-corrected chi connectivity index (χ4v) is 2.57. The summed E-state index contributed by atoms with van der Waals surface area (Å²) in [6.45, 7) is 0.470. The van der Waals surface area contributed by atoms with E-state index in [1.165, 1.54) is 38.5 Å². The third-order valence-corrected chi connectivity index (χ3v) is 3.64. The molecular formula is C14H21NO2. The predicted molar refractivity (Wildman–Crippen MR) is 67.2 cm³/mol. The van der Waals surface area contributed by atoms with E-state index < -0.39 is 0 Å². The van der Waals surface area contributed by atoms with Crippen molar-refractivity contribution in [1.82, 2.24) is 4.90 Å². The molecule has 3 nitrogen and oxygen atoms in total. The zero-order valence-electron chi connectivity index (χ0n) is 10.5. The molecule has 0 aromatic carbocycles. The molecule has 0 amide bonds. The summed E-state index contributed by atoms with van der Waals surface area (Å²) in [6.07, 6.45) is 9.28. The average Bonchev–Trinajstić information content (AvgIpc) is 2.71. The molecule has 2 rings (SSSR count). The summed E-state index contributed by atoms with van der Waals surface area (Å²) < 4.78 is 5.13. The highest BCUT2D eigenvalue weighted by Crippen LogP contribution is 2.21. The summed E-state index contributed by atoms with van der Waals surface area (Å²) in [4.78, 5) is 14.1. The van der Waals surface area contributed by atoms with E-state index in [2.05, 4.69) is 11.9 Å². The normalized spacial score (nSPS) is 18.2. The first-order chi connectivity index (χ1) is 8.27. The number of Topliss-reactive ketones (excluding diaryl/α,β-unsaturated/α-hetero) is 1. The minimum atomic E-state index is 0.0850. The van der Waals surface area contributed by atoms with Gasteiger partial charge in [-0.05, 0) is 32.0 Å². The van der Waals surface area contributed by atoms with E-state index in [0.29, 0.717) is 18.3 Å². The Hall–Kier alpha value is -1.09. The number of hydrogen-bond acceptors (Lipinski definition) is 3. The highest BCUT2D eigenvalue weighted by Gasteiger charge is 2.20. The lowest BCUT2D eigenvalue weighted by atomic mass is 10.1. The quantitative estimate of drug-likeness (QED) is 0.594. The van der Waals surface area contributed by atoms with Gasteiger partial charge in [0.1, 0.15) is 0 Å². The van der Waals surface area contributed by atoms with Crippen molar-refractivity contribution in [1.29, 1.82) is 0 Å². The Bertz CT molecular complexity index is 337. The maximum atomic E-state index is 11.9. The van der Waals surface area contributed by atoms with E-state index >= 15 is 0 Å². The molecule has 0 unspecified atom stereocenters. The van der Waals surface area contributed by atoms with E-state index in [1.54, 1.807) is 18.4 Å². The maximum absolute atomic E-state index is 11.9. The Labute approximate surface area is 103 Å². The monoisotopic (exact) mass is 235 g/mol. The Kier molecular flexibility index (Phi) is 4.37. The summed E-state index contributed by atoms with van der Waals surface area (Å²) in [7, 11) is 2.05. The highest BCUT2D eigenvalue weighted by molar-refractivity contribution is 5.94.